The third-order valence-corrected chi connectivity index (χ3v) is 4.97. The minimum Gasteiger partial charge on any atom is -0.491 e. The summed E-state index contributed by atoms with van der Waals surface area (Å²) in [6, 6.07) is 6.20. The SMILES string of the molecule is CC1(C)OB(c2ccc(I)cc2OC2CC2)OC1(C)C. The van der Waals surface area contributed by atoms with Crippen LogP contribution in [0.4, 0.5) is 0 Å². The van der Waals surface area contributed by atoms with Crippen LogP contribution in [0.1, 0.15) is 40.5 Å². The van der Waals surface area contributed by atoms with Gasteiger partial charge >= 0.3 is 7.12 Å². The summed E-state index contributed by atoms with van der Waals surface area (Å²) >= 11 is 2.30. The second-order valence-corrected chi connectivity index (χ2v) is 7.83. The predicted molar refractivity (Wildman–Crippen MR) is 88.5 cm³/mol. The first kappa shape index (κ1) is 14.7. The second kappa shape index (κ2) is 4.88. The Morgan fingerprint density at radius 3 is 2.30 bits per heavy atom. The van der Waals surface area contributed by atoms with E-state index in [9.17, 15) is 0 Å². The molecule has 1 aromatic carbocycles. The molecule has 1 aromatic rings. The molecule has 0 amide bonds. The molecule has 20 heavy (non-hydrogen) atoms. The summed E-state index contributed by atoms with van der Waals surface area (Å²) in [6.45, 7) is 8.28. The lowest BCUT2D eigenvalue weighted by Crippen LogP contribution is -2.41. The predicted octanol–water partition coefficient (Wildman–Crippen LogP) is 3.13. The number of rotatable bonds is 3. The third kappa shape index (κ3) is 2.72. The lowest BCUT2D eigenvalue weighted by molar-refractivity contribution is 0.00578. The molecule has 2 aliphatic rings. The summed E-state index contributed by atoms with van der Waals surface area (Å²) in [5.74, 6) is 0.901. The van der Waals surface area contributed by atoms with Gasteiger partial charge in [-0.05, 0) is 75.3 Å². The minimum atomic E-state index is -0.356. The van der Waals surface area contributed by atoms with Crippen molar-refractivity contribution in [3.8, 4) is 5.75 Å². The van der Waals surface area contributed by atoms with Gasteiger partial charge in [0, 0.05) is 9.03 Å². The quantitative estimate of drug-likeness (QED) is 0.591. The first-order valence-corrected chi connectivity index (χ1v) is 8.18. The molecule has 1 heterocycles. The van der Waals surface area contributed by atoms with E-state index >= 15 is 0 Å². The fourth-order valence-corrected chi connectivity index (χ4v) is 2.60. The van der Waals surface area contributed by atoms with Crippen LogP contribution in [0.5, 0.6) is 5.75 Å². The van der Waals surface area contributed by atoms with Gasteiger partial charge in [0.05, 0.1) is 17.3 Å². The largest absolute Gasteiger partial charge is 0.498 e. The van der Waals surface area contributed by atoms with Crippen molar-refractivity contribution in [3.05, 3.63) is 21.8 Å². The highest BCUT2D eigenvalue weighted by Gasteiger charge is 2.52. The van der Waals surface area contributed by atoms with Gasteiger partial charge in [0.1, 0.15) is 5.75 Å². The van der Waals surface area contributed by atoms with Gasteiger partial charge in [0.25, 0.3) is 0 Å². The Labute approximate surface area is 134 Å². The highest BCUT2D eigenvalue weighted by molar-refractivity contribution is 14.1. The molecule has 3 nitrogen and oxygen atoms in total. The maximum Gasteiger partial charge on any atom is 0.498 e. The molecule has 108 valence electrons. The summed E-state index contributed by atoms with van der Waals surface area (Å²) in [5.41, 5.74) is 0.352. The Morgan fingerprint density at radius 2 is 1.75 bits per heavy atom. The van der Waals surface area contributed by atoms with Crippen LogP contribution >= 0.6 is 22.6 Å². The van der Waals surface area contributed by atoms with Crippen molar-refractivity contribution in [1.82, 2.24) is 0 Å². The Kier molecular flexibility index (Phi) is 3.58. The fraction of sp³-hybridized carbons (Fsp3) is 0.600. The van der Waals surface area contributed by atoms with E-state index in [0.29, 0.717) is 6.10 Å². The molecule has 0 bridgehead atoms. The zero-order valence-electron chi connectivity index (χ0n) is 12.4. The van der Waals surface area contributed by atoms with Gasteiger partial charge in [-0.15, -0.1) is 0 Å². The highest BCUT2D eigenvalue weighted by Crippen LogP contribution is 2.37. The molecule has 0 atom stereocenters. The fourth-order valence-electron chi connectivity index (χ4n) is 2.14. The van der Waals surface area contributed by atoms with Gasteiger partial charge in [0.2, 0.25) is 0 Å². The van der Waals surface area contributed by atoms with E-state index in [1.165, 1.54) is 3.57 Å². The molecule has 2 fully saturated rings. The van der Waals surface area contributed by atoms with E-state index in [1.54, 1.807) is 0 Å². The van der Waals surface area contributed by atoms with Crippen molar-refractivity contribution in [2.75, 3.05) is 0 Å². The van der Waals surface area contributed by atoms with Crippen LogP contribution in [0.15, 0.2) is 18.2 Å². The van der Waals surface area contributed by atoms with Crippen molar-refractivity contribution >= 4 is 35.2 Å². The zero-order chi connectivity index (χ0) is 14.5. The van der Waals surface area contributed by atoms with Crippen LogP contribution in [-0.2, 0) is 9.31 Å². The number of ether oxygens (including phenoxy) is 1. The summed E-state index contributed by atoms with van der Waals surface area (Å²) in [7, 11) is -0.356. The van der Waals surface area contributed by atoms with E-state index in [0.717, 1.165) is 24.1 Å². The molecule has 0 radical (unpaired) electrons. The lowest BCUT2D eigenvalue weighted by atomic mass is 9.78. The van der Waals surface area contributed by atoms with Crippen molar-refractivity contribution in [1.29, 1.82) is 0 Å². The summed E-state index contributed by atoms with van der Waals surface area (Å²) in [5, 5.41) is 0. The molecule has 1 saturated heterocycles. The minimum absolute atomic E-state index is 0.322. The van der Waals surface area contributed by atoms with Crippen LogP contribution < -0.4 is 10.2 Å². The highest BCUT2D eigenvalue weighted by atomic mass is 127. The van der Waals surface area contributed by atoms with Gasteiger partial charge in [0.15, 0.2) is 0 Å². The van der Waals surface area contributed by atoms with E-state index in [1.807, 2.05) is 0 Å². The van der Waals surface area contributed by atoms with Gasteiger partial charge < -0.3 is 14.0 Å². The van der Waals surface area contributed by atoms with E-state index in [-0.39, 0.29) is 18.3 Å². The molecular formula is C15H20BIO3. The Bertz CT molecular complexity index is 510. The standard InChI is InChI=1S/C15H20BIO3/c1-14(2)15(3,4)20-16(19-14)12-8-5-10(17)9-13(12)18-11-6-7-11/h5,8-9,11H,6-7H2,1-4H3. The smallest absolute Gasteiger partial charge is 0.491 e. The van der Waals surface area contributed by atoms with Crippen molar-refractivity contribution in [2.24, 2.45) is 0 Å². The van der Waals surface area contributed by atoms with Gasteiger partial charge in [-0.3, -0.25) is 0 Å². The van der Waals surface area contributed by atoms with Gasteiger partial charge in [-0.25, -0.2) is 0 Å². The Hall–Kier alpha value is -0.265. The molecule has 0 spiro atoms. The number of hydrogen-bond donors (Lipinski definition) is 0. The van der Waals surface area contributed by atoms with Crippen molar-refractivity contribution in [2.45, 2.75) is 57.8 Å². The Balaban J connectivity index is 1.90. The molecule has 0 aromatic heterocycles. The van der Waals surface area contributed by atoms with Crippen LogP contribution in [0.3, 0.4) is 0 Å². The normalized spacial score (nSPS) is 23.9. The van der Waals surface area contributed by atoms with Gasteiger partial charge in [-0.1, -0.05) is 6.07 Å². The molecule has 0 N–H and O–H groups in total. The maximum atomic E-state index is 6.13. The lowest BCUT2D eigenvalue weighted by Gasteiger charge is -2.32. The number of halogens is 1. The van der Waals surface area contributed by atoms with E-state index in [2.05, 4.69) is 68.5 Å². The molecule has 5 heteroatoms. The van der Waals surface area contributed by atoms with Gasteiger partial charge in [-0.2, -0.15) is 0 Å². The number of benzene rings is 1. The molecule has 0 unspecified atom stereocenters. The molecule has 1 aliphatic heterocycles. The third-order valence-electron chi connectivity index (χ3n) is 4.30. The van der Waals surface area contributed by atoms with Crippen LogP contribution in [0.2, 0.25) is 0 Å². The average molecular weight is 386 g/mol. The number of hydrogen-bond acceptors (Lipinski definition) is 3. The van der Waals surface area contributed by atoms with Crippen LogP contribution in [0, 0.1) is 3.57 Å². The van der Waals surface area contributed by atoms with E-state index < -0.39 is 0 Å². The summed E-state index contributed by atoms with van der Waals surface area (Å²) in [6.07, 6.45) is 2.66. The topological polar surface area (TPSA) is 27.7 Å². The molecular weight excluding hydrogens is 366 g/mol. The molecule has 3 rings (SSSR count). The maximum absolute atomic E-state index is 6.13. The monoisotopic (exact) mass is 386 g/mol. The summed E-state index contributed by atoms with van der Waals surface area (Å²) in [4.78, 5) is 0. The van der Waals surface area contributed by atoms with Crippen LogP contribution in [0.25, 0.3) is 0 Å². The Morgan fingerprint density at radius 1 is 1.15 bits per heavy atom. The first-order valence-electron chi connectivity index (χ1n) is 7.10. The first-order chi connectivity index (χ1) is 9.28. The molecule has 1 saturated carbocycles. The molecule has 1 aliphatic carbocycles. The zero-order valence-corrected chi connectivity index (χ0v) is 14.6. The van der Waals surface area contributed by atoms with E-state index in [4.69, 9.17) is 14.0 Å². The second-order valence-electron chi connectivity index (χ2n) is 6.59. The van der Waals surface area contributed by atoms with Crippen molar-refractivity contribution in [3.63, 3.8) is 0 Å². The average Bonchev–Trinajstić information content (AvgIpc) is 3.07. The summed E-state index contributed by atoms with van der Waals surface area (Å²) < 4.78 is 19.4. The van der Waals surface area contributed by atoms with Crippen LogP contribution in [-0.4, -0.2) is 24.4 Å². The van der Waals surface area contributed by atoms with Crippen molar-refractivity contribution < 1.29 is 14.0 Å².